The molecular weight excluding hydrogens is 851 g/mol. The molecule has 0 saturated heterocycles. The van der Waals surface area contributed by atoms with Crippen molar-refractivity contribution in [3.8, 4) is 39.5 Å². The van der Waals surface area contributed by atoms with E-state index in [-0.39, 0.29) is 0 Å². The van der Waals surface area contributed by atoms with Crippen LogP contribution < -0.4 is 0 Å². The lowest BCUT2D eigenvalue weighted by molar-refractivity contribution is 1.20. The van der Waals surface area contributed by atoms with Crippen LogP contribution in [0.25, 0.3) is 145 Å². The lowest BCUT2D eigenvalue weighted by atomic mass is 9.93. The molecule has 0 saturated carbocycles. The number of nitrogens with zero attached hydrogens (tertiary/aromatic N) is 3. The normalized spacial score (nSPS) is 12.2. The van der Waals surface area contributed by atoms with Crippen molar-refractivity contribution in [2.24, 2.45) is 0 Å². The third-order valence-electron chi connectivity index (χ3n) is 14.0. The van der Waals surface area contributed by atoms with E-state index in [0.29, 0.717) is 5.82 Å². The largest absolute Gasteiger partial charge is 0.308 e. The van der Waals surface area contributed by atoms with E-state index in [1.807, 2.05) is 22.7 Å². The van der Waals surface area contributed by atoms with Gasteiger partial charge < -0.3 is 4.57 Å². The number of thiophene rings is 2. The van der Waals surface area contributed by atoms with Crippen molar-refractivity contribution in [1.82, 2.24) is 14.5 Å². The average Bonchev–Trinajstić information content (AvgIpc) is 4.09. The van der Waals surface area contributed by atoms with Gasteiger partial charge >= 0.3 is 0 Å². The van der Waals surface area contributed by atoms with Crippen molar-refractivity contribution in [3.63, 3.8) is 0 Å². The number of aromatic nitrogens is 3. The summed E-state index contributed by atoms with van der Waals surface area (Å²) in [5.74, 6) is 0.717. The molecule has 0 aliphatic heterocycles. The predicted octanol–water partition coefficient (Wildman–Crippen LogP) is 17.9. The van der Waals surface area contributed by atoms with E-state index in [9.17, 15) is 0 Å². The molecule has 5 heteroatoms. The average molecular weight is 886 g/mol. The SMILES string of the molecule is c1ccc(-c2ccc(-c3nc(-c4ccc5sc6ccc(-n7c8ccccc8c8c9ccccc9c9c%10ccccc%10sc9c87)cc6c5c4)nc4c5ccccc5c5ccccc5c34)cc2)cc1. The zero-order chi connectivity index (χ0) is 43.7. The summed E-state index contributed by atoms with van der Waals surface area (Å²) in [7, 11) is 0. The summed E-state index contributed by atoms with van der Waals surface area (Å²) in [6, 6.07) is 77.5. The van der Waals surface area contributed by atoms with Gasteiger partial charge in [-0.2, -0.15) is 0 Å². The van der Waals surface area contributed by atoms with E-state index in [1.54, 1.807) is 0 Å². The van der Waals surface area contributed by atoms with Gasteiger partial charge in [0.05, 0.1) is 26.9 Å². The molecule has 0 atom stereocenters. The number of hydrogen-bond acceptors (Lipinski definition) is 4. The van der Waals surface area contributed by atoms with Crippen molar-refractivity contribution in [2.45, 2.75) is 0 Å². The molecule has 0 aliphatic rings. The van der Waals surface area contributed by atoms with Crippen molar-refractivity contribution < 1.29 is 0 Å². The minimum Gasteiger partial charge on any atom is -0.308 e. The molecule has 0 aliphatic carbocycles. The topological polar surface area (TPSA) is 30.7 Å². The van der Waals surface area contributed by atoms with Gasteiger partial charge in [-0.1, -0.05) is 164 Å². The van der Waals surface area contributed by atoms with Crippen LogP contribution in [0.5, 0.6) is 0 Å². The van der Waals surface area contributed by atoms with Gasteiger partial charge in [-0.25, -0.2) is 9.97 Å². The molecule has 0 amide bonds. The van der Waals surface area contributed by atoms with Crippen LogP contribution in [0.1, 0.15) is 0 Å². The summed E-state index contributed by atoms with van der Waals surface area (Å²) >= 11 is 3.75. The van der Waals surface area contributed by atoms with Crippen LogP contribution in [0, 0.1) is 0 Å². The van der Waals surface area contributed by atoms with Gasteiger partial charge in [0.15, 0.2) is 5.82 Å². The third-order valence-corrected chi connectivity index (χ3v) is 16.3. The number of hydrogen-bond donors (Lipinski definition) is 0. The fourth-order valence-corrected chi connectivity index (χ4v) is 13.3. The Bertz CT molecular complexity index is 4560. The second-order valence-electron chi connectivity index (χ2n) is 17.6. The third kappa shape index (κ3) is 5.38. The Kier molecular flexibility index (Phi) is 7.82. The molecule has 0 unspecified atom stereocenters. The minimum atomic E-state index is 0.717. The van der Waals surface area contributed by atoms with Crippen LogP contribution in [0.15, 0.2) is 212 Å². The molecule has 11 aromatic carbocycles. The monoisotopic (exact) mass is 885 g/mol. The molecule has 4 heterocycles. The Morgan fingerprint density at radius 1 is 0.328 bits per heavy atom. The van der Waals surface area contributed by atoms with E-state index in [2.05, 4.69) is 217 Å². The maximum absolute atomic E-state index is 5.56. The highest BCUT2D eigenvalue weighted by atomic mass is 32.1. The van der Waals surface area contributed by atoms with Crippen LogP contribution in [-0.2, 0) is 0 Å². The molecule has 3 nitrogen and oxygen atoms in total. The lowest BCUT2D eigenvalue weighted by Gasteiger charge is -2.15. The highest BCUT2D eigenvalue weighted by Crippen LogP contribution is 2.49. The Morgan fingerprint density at radius 3 is 1.64 bits per heavy atom. The summed E-state index contributed by atoms with van der Waals surface area (Å²) in [6.45, 7) is 0. The lowest BCUT2D eigenvalue weighted by Crippen LogP contribution is -1.97. The maximum Gasteiger partial charge on any atom is 0.160 e. The molecule has 0 bridgehead atoms. The second-order valence-corrected chi connectivity index (χ2v) is 19.7. The Morgan fingerprint density at radius 2 is 0.866 bits per heavy atom. The molecule has 4 aromatic heterocycles. The second kappa shape index (κ2) is 14.1. The zero-order valence-electron chi connectivity index (χ0n) is 35.9. The molecule has 0 N–H and O–H groups in total. The molecule has 0 spiro atoms. The van der Waals surface area contributed by atoms with Crippen molar-refractivity contribution in [2.75, 3.05) is 0 Å². The highest BCUT2D eigenvalue weighted by molar-refractivity contribution is 7.27. The summed E-state index contributed by atoms with van der Waals surface area (Å²) in [6.07, 6.45) is 0. The smallest absolute Gasteiger partial charge is 0.160 e. The predicted molar refractivity (Wildman–Crippen MR) is 288 cm³/mol. The van der Waals surface area contributed by atoms with Gasteiger partial charge in [-0.05, 0) is 86.6 Å². The highest BCUT2D eigenvalue weighted by Gasteiger charge is 2.23. The minimum absolute atomic E-state index is 0.717. The number of rotatable bonds is 4. The van der Waals surface area contributed by atoms with Gasteiger partial charge in [0.1, 0.15) is 0 Å². The van der Waals surface area contributed by atoms with Crippen molar-refractivity contribution >= 4 is 128 Å². The molecule has 15 rings (SSSR count). The van der Waals surface area contributed by atoms with Crippen LogP contribution in [0.4, 0.5) is 0 Å². The van der Waals surface area contributed by atoms with Gasteiger partial charge in [-0.3, -0.25) is 0 Å². The van der Waals surface area contributed by atoms with E-state index >= 15 is 0 Å². The van der Waals surface area contributed by atoms with Crippen LogP contribution in [0.3, 0.4) is 0 Å². The summed E-state index contributed by atoms with van der Waals surface area (Å²) in [4.78, 5) is 11.1. The molecule has 310 valence electrons. The van der Waals surface area contributed by atoms with E-state index < -0.39 is 0 Å². The quantitative estimate of drug-likeness (QED) is 0.165. The van der Waals surface area contributed by atoms with Crippen LogP contribution in [0.2, 0.25) is 0 Å². The maximum atomic E-state index is 5.56. The number of benzene rings is 11. The first kappa shape index (κ1) is 37.0. The zero-order valence-corrected chi connectivity index (χ0v) is 37.5. The molecule has 0 fully saturated rings. The fraction of sp³-hybridized carbons (Fsp3) is 0. The van der Waals surface area contributed by atoms with Crippen molar-refractivity contribution in [1.29, 1.82) is 0 Å². The number of para-hydroxylation sites is 1. The first-order valence-corrected chi connectivity index (χ1v) is 24.4. The van der Waals surface area contributed by atoms with Gasteiger partial charge in [0.25, 0.3) is 0 Å². The molecule has 0 radical (unpaired) electrons. The van der Waals surface area contributed by atoms with E-state index in [1.165, 1.54) is 94.8 Å². The van der Waals surface area contributed by atoms with Gasteiger partial charge in [0.2, 0.25) is 0 Å². The Hall–Kier alpha value is -8.22. The first-order valence-electron chi connectivity index (χ1n) is 22.7. The molecule has 67 heavy (non-hydrogen) atoms. The Labute approximate surface area is 392 Å². The summed E-state index contributed by atoms with van der Waals surface area (Å²) < 4.78 is 7.65. The fourth-order valence-electron chi connectivity index (χ4n) is 11.0. The van der Waals surface area contributed by atoms with E-state index in [4.69, 9.17) is 9.97 Å². The summed E-state index contributed by atoms with van der Waals surface area (Å²) in [5.41, 5.74) is 9.95. The van der Waals surface area contributed by atoms with Gasteiger partial charge in [-0.15, -0.1) is 22.7 Å². The first-order chi connectivity index (χ1) is 33.2. The van der Waals surface area contributed by atoms with Gasteiger partial charge in [0, 0.05) is 74.0 Å². The standard InChI is InChI=1S/C62H35N3S2/c1-2-14-36(15-3-1)37-26-28-38(29-27-37)58-57-43-18-6-4-16-41(43)42-17-5-9-21-46(42)59(57)64-62(63-58)39-30-32-53-49(34-39)50-35-40(31-33-54(50)66-53)65-51-24-12-10-22-47(51)55-44-19-7-8-20-45(44)56-48-23-11-13-25-52(48)67-61(56)60(55)65/h1-35H. The number of fused-ring (bicyclic) bond motifs is 19. The molecular formula is C62H35N3S2. The van der Waals surface area contributed by atoms with Crippen LogP contribution in [-0.4, -0.2) is 14.5 Å². The van der Waals surface area contributed by atoms with Crippen molar-refractivity contribution in [3.05, 3.63) is 212 Å². The van der Waals surface area contributed by atoms with Crippen LogP contribution >= 0.6 is 22.7 Å². The van der Waals surface area contributed by atoms with E-state index in [0.717, 1.165) is 44.2 Å². The summed E-state index contributed by atoms with van der Waals surface area (Å²) in [5, 5.41) is 16.0. The Balaban J connectivity index is 0.975. The molecule has 15 aromatic rings.